The van der Waals surface area contributed by atoms with E-state index in [1.165, 1.54) is 6.08 Å². The lowest BCUT2D eigenvalue weighted by atomic mass is 9.86. The number of pyridine rings is 2. The standard InChI is InChI=1S/C24H18N2O7/c1-2-24(30)16-7-18-21-14(9-26(18)22(28)15(16)10-31-23(24)29)12(4-3-5-27)13-6-19-20(33-11-32-19)8-17(13)25-21/h3-8,30H,2,9-11H2,1H3/b4-3+/t24-/m0/s1. The number of cyclic esters (lactones) is 1. The number of hydrogen-bond acceptors (Lipinski definition) is 8. The van der Waals surface area contributed by atoms with Gasteiger partial charge < -0.3 is 23.9 Å². The minimum atomic E-state index is -1.89. The first kappa shape index (κ1) is 19.7. The van der Waals surface area contributed by atoms with E-state index in [1.54, 1.807) is 29.7 Å². The number of nitrogens with zero attached hydrogens (tertiary/aromatic N) is 2. The lowest BCUT2D eigenvalue weighted by Gasteiger charge is -2.31. The number of aromatic nitrogens is 2. The molecule has 0 saturated heterocycles. The van der Waals surface area contributed by atoms with Gasteiger partial charge in [0, 0.05) is 22.6 Å². The molecule has 0 unspecified atom stereocenters. The van der Waals surface area contributed by atoms with Crippen molar-refractivity contribution in [3.63, 3.8) is 0 Å². The van der Waals surface area contributed by atoms with Gasteiger partial charge in [0.2, 0.25) is 6.79 Å². The first-order valence-corrected chi connectivity index (χ1v) is 10.5. The van der Waals surface area contributed by atoms with Crippen LogP contribution in [-0.2, 0) is 33.1 Å². The Morgan fingerprint density at radius 3 is 2.70 bits per heavy atom. The third-order valence-electron chi connectivity index (χ3n) is 6.57. The number of hydrogen-bond donors (Lipinski definition) is 1. The zero-order chi connectivity index (χ0) is 22.9. The Bertz CT molecular complexity index is 1490. The summed E-state index contributed by atoms with van der Waals surface area (Å²) in [5.41, 5.74) is 1.41. The van der Waals surface area contributed by atoms with Crippen molar-refractivity contribution in [3.8, 4) is 22.9 Å². The van der Waals surface area contributed by atoms with Gasteiger partial charge in [0.15, 0.2) is 17.1 Å². The summed E-state index contributed by atoms with van der Waals surface area (Å²) in [6.45, 7) is 1.80. The molecule has 5 heterocycles. The Hall–Kier alpha value is -3.98. The van der Waals surface area contributed by atoms with Gasteiger partial charge in [-0.05, 0) is 30.2 Å². The van der Waals surface area contributed by atoms with E-state index < -0.39 is 11.6 Å². The molecule has 0 aliphatic carbocycles. The number of allylic oxidation sites excluding steroid dienone is 1. The van der Waals surface area contributed by atoms with Crippen LogP contribution in [-0.4, -0.2) is 33.7 Å². The van der Waals surface area contributed by atoms with Crippen molar-refractivity contribution in [2.45, 2.75) is 32.1 Å². The van der Waals surface area contributed by atoms with E-state index in [2.05, 4.69) is 0 Å². The molecule has 0 amide bonds. The smallest absolute Gasteiger partial charge is 0.343 e. The highest BCUT2D eigenvalue weighted by Gasteiger charge is 2.45. The monoisotopic (exact) mass is 446 g/mol. The maximum Gasteiger partial charge on any atom is 0.343 e. The van der Waals surface area contributed by atoms with Crippen molar-refractivity contribution in [2.24, 2.45) is 0 Å². The fourth-order valence-corrected chi connectivity index (χ4v) is 4.83. The third-order valence-corrected chi connectivity index (χ3v) is 6.57. The fourth-order valence-electron chi connectivity index (χ4n) is 4.83. The van der Waals surface area contributed by atoms with Crippen molar-refractivity contribution >= 4 is 29.2 Å². The average Bonchev–Trinajstić information content (AvgIpc) is 3.42. The highest BCUT2D eigenvalue weighted by molar-refractivity contribution is 5.97. The fraction of sp³-hybridized carbons (Fsp3) is 0.250. The van der Waals surface area contributed by atoms with E-state index >= 15 is 0 Å². The summed E-state index contributed by atoms with van der Waals surface area (Å²) in [5.74, 6) is 0.370. The molecule has 33 heavy (non-hydrogen) atoms. The number of carbonyl (C=O) groups is 2. The average molecular weight is 446 g/mol. The van der Waals surface area contributed by atoms with Gasteiger partial charge in [0.1, 0.15) is 12.9 Å². The van der Waals surface area contributed by atoms with Crippen LogP contribution in [0.5, 0.6) is 11.5 Å². The summed E-state index contributed by atoms with van der Waals surface area (Å²) in [6.07, 6.45) is 3.82. The Kier molecular flexibility index (Phi) is 4.03. The van der Waals surface area contributed by atoms with Crippen molar-refractivity contribution < 1.29 is 28.9 Å². The van der Waals surface area contributed by atoms with E-state index in [0.29, 0.717) is 34.7 Å². The molecule has 3 aromatic rings. The summed E-state index contributed by atoms with van der Waals surface area (Å²) in [6, 6.07) is 5.23. The number of aldehydes is 1. The van der Waals surface area contributed by atoms with Crippen LogP contribution in [0, 0.1) is 0 Å². The van der Waals surface area contributed by atoms with Gasteiger partial charge >= 0.3 is 5.97 Å². The summed E-state index contributed by atoms with van der Waals surface area (Å²) in [5, 5.41) is 11.8. The van der Waals surface area contributed by atoms with Gasteiger partial charge in [-0.2, -0.15) is 0 Å². The lowest BCUT2D eigenvalue weighted by Crippen LogP contribution is -2.44. The highest BCUT2D eigenvalue weighted by atomic mass is 16.7. The molecule has 9 heteroatoms. The predicted molar refractivity (Wildman–Crippen MR) is 116 cm³/mol. The summed E-state index contributed by atoms with van der Waals surface area (Å²) in [7, 11) is 0. The molecule has 0 bridgehead atoms. The Morgan fingerprint density at radius 2 is 1.94 bits per heavy atom. The molecule has 0 fully saturated rings. The van der Waals surface area contributed by atoms with Crippen LogP contribution in [0.4, 0.5) is 0 Å². The Labute approximate surface area is 186 Å². The number of carbonyl (C=O) groups excluding carboxylic acids is 2. The Morgan fingerprint density at radius 1 is 1.15 bits per heavy atom. The first-order valence-electron chi connectivity index (χ1n) is 10.5. The molecule has 0 radical (unpaired) electrons. The van der Waals surface area contributed by atoms with Gasteiger partial charge in [-0.15, -0.1) is 0 Å². The lowest BCUT2D eigenvalue weighted by molar-refractivity contribution is -0.172. The van der Waals surface area contributed by atoms with Crippen LogP contribution < -0.4 is 15.0 Å². The van der Waals surface area contributed by atoms with Crippen molar-refractivity contribution in [1.29, 1.82) is 0 Å². The summed E-state index contributed by atoms with van der Waals surface area (Å²) < 4.78 is 17.7. The Balaban J connectivity index is 1.66. The molecule has 0 spiro atoms. The van der Waals surface area contributed by atoms with E-state index in [9.17, 15) is 19.5 Å². The number of ether oxygens (including phenoxy) is 3. The number of benzene rings is 1. The van der Waals surface area contributed by atoms with E-state index in [0.717, 1.165) is 16.5 Å². The van der Waals surface area contributed by atoms with Gasteiger partial charge in [0.25, 0.3) is 5.56 Å². The highest BCUT2D eigenvalue weighted by Crippen LogP contribution is 2.43. The third kappa shape index (κ3) is 2.56. The second-order valence-corrected chi connectivity index (χ2v) is 8.17. The molecule has 6 rings (SSSR count). The molecule has 3 aliphatic heterocycles. The second-order valence-electron chi connectivity index (χ2n) is 8.17. The molecule has 0 saturated carbocycles. The maximum absolute atomic E-state index is 13.4. The van der Waals surface area contributed by atoms with E-state index in [1.807, 2.05) is 6.07 Å². The predicted octanol–water partition coefficient (Wildman–Crippen LogP) is 2.02. The molecule has 1 atom stereocenters. The molecule has 1 N–H and O–H groups in total. The van der Waals surface area contributed by atoms with Gasteiger partial charge in [-0.25, -0.2) is 9.78 Å². The molecular weight excluding hydrogens is 428 g/mol. The minimum absolute atomic E-state index is 0.0660. The maximum atomic E-state index is 13.4. The number of rotatable bonds is 3. The summed E-state index contributed by atoms with van der Waals surface area (Å²) >= 11 is 0. The summed E-state index contributed by atoms with van der Waals surface area (Å²) in [4.78, 5) is 41.7. The van der Waals surface area contributed by atoms with Crippen LogP contribution in [0.15, 0.2) is 29.1 Å². The van der Waals surface area contributed by atoms with Gasteiger partial charge in [-0.3, -0.25) is 9.59 Å². The van der Waals surface area contributed by atoms with Crippen LogP contribution in [0.25, 0.3) is 28.4 Å². The first-order chi connectivity index (χ1) is 16.0. The minimum Gasteiger partial charge on any atom is -0.458 e. The molecule has 1 aromatic carbocycles. The number of fused-ring (bicyclic) bond motifs is 6. The quantitative estimate of drug-likeness (QED) is 0.289. The van der Waals surface area contributed by atoms with Crippen LogP contribution in [0.2, 0.25) is 0 Å². The number of aliphatic hydroxyl groups is 1. The van der Waals surface area contributed by atoms with Crippen molar-refractivity contribution in [3.05, 3.63) is 56.9 Å². The zero-order valence-electron chi connectivity index (χ0n) is 17.6. The van der Waals surface area contributed by atoms with Gasteiger partial charge in [0.05, 0.1) is 29.0 Å². The molecule has 2 aromatic heterocycles. The topological polar surface area (TPSA) is 117 Å². The van der Waals surface area contributed by atoms with E-state index in [4.69, 9.17) is 19.2 Å². The molecule has 166 valence electrons. The largest absolute Gasteiger partial charge is 0.458 e. The van der Waals surface area contributed by atoms with Gasteiger partial charge in [-0.1, -0.05) is 13.0 Å². The zero-order valence-corrected chi connectivity index (χ0v) is 17.6. The second kappa shape index (κ2) is 6.76. The molecule has 9 nitrogen and oxygen atoms in total. The number of esters is 1. The SMILES string of the molecule is CC[C@@]1(O)C(=O)OCc2c1cc1n(c2=O)Cc2c-1nc1cc3c(cc1c2/C=C/C=O)OCO3. The van der Waals surface area contributed by atoms with E-state index in [-0.39, 0.29) is 43.1 Å². The van der Waals surface area contributed by atoms with Crippen molar-refractivity contribution in [1.82, 2.24) is 9.55 Å². The molecular formula is C24H18N2O7. The van der Waals surface area contributed by atoms with Crippen LogP contribution in [0.1, 0.15) is 35.6 Å². The van der Waals surface area contributed by atoms with Crippen LogP contribution in [0.3, 0.4) is 0 Å². The van der Waals surface area contributed by atoms with Crippen LogP contribution >= 0.6 is 0 Å². The molecule has 3 aliphatic rings. The van der Waals surface area contributed by atoms with Crippen molar-refractivity contribution in [2.75, 3.05) is 6.79 Å². The normalized spacial score (nSPS) is 20.0.